The van der Waals surface area contributed by atoms with Gasteiger partial charge in [0.05, 0.1) is 18.8 Å². The Balaban J connectivity index is 1.70. The van der Waals surface area contributed by atoms with E-state index in [4.69, 9.17) is 4.74 Å². The van der Waals surface area contributed by atoms with Crippen LogP contribution < -0.4 is 20.7 Å². The van der Waals surface area contributed by atoms with E-state index in [1.54, 1.807) is 24.3 Å². The maximum atomic E-state index is 14.2. The summed E-state index contributed by atoms with van der Waals surface area (Å²) in [5, 5.41) is 19.6. The summed E-state index contributed by atoms with van der Waals surface area (Å²) in [5.41, 5.74) is 2.01. The predicted octanol–water partition coefficient (Wildman–Crippen LogP) is 2.54. The van der Waals surface area contributed by atoms with Crippen molar-refractivity contribution >= 4 is 11.8 Å². The van der Waals surface area contributed by atoms with Gasteiger partial charge in [-0.1, -0.05) is 24.3 Å². The van der Waals surface area contributed by atoms with Crippen LogP contribution in [-0.2, 0) is 29.2 Å². The van der Waals surface area contributed by atoms with Gasteiger partial charge in [0.25, 0.3) is 0 Å². The fourth-order valence-electron chi connectivity index (χ4n) is 3.93. The lowest BCUT2D eigenvalue weighted by Crippen LogP contribution is -2.48. The molecule has 1 aliphatic heterocycles. The number of ether oxygens (including phenoxy) is 1. The Kier molecular flexibility index (Phi) is 10.4. The molecule has 0 saturated heterocycles. The number of aliphatic hydroxyl groups is 1. The van der Waals surface area contributed by atoms with Crippen LogP contribution in [0.3, 0.4) is 0 Å². The van der Waals surface area contributed by atoms with Gasteiger partial charge in [0.2, 0.25) is 11.8 Å². The van der Waals surface area contributed by atoms with Crippen LogP contribution in [0.15, 0.2) is 42.5 Å². The third-order valence-electron chi connectivity index (χ3n) is 5.77. The number of aliphatic hydroxyl groups excluding tert-OH is 1. The summed E-state index contributed by atoms with van der Waals surface area (Å²) in [6, 6.07) is 10.7. The molecule has 1 aliphatic rings. The van der Waals surface area contributed by atoms with Crippen molar-refractivity contribution in [1.82, 2.24) is 16.0 Å². The van der Waals surface area contributed by atoms with Gasteiger partial charge in [0, 0.05) is 38.5 Å². The minimum Gasteiger partial charge on any atom is -0.493 e. The fraction of sp³-hybridized carbons (Fsp3) is 0.462. The van der Waals surface area contributed by atoms with Gasteiger partial charge in [-0.25, -0.2) is 8.78 Å². The topological polar surface area (TPSA) is 99.7 Å². The molecule has 0 radical (unpaired) electrons. The minimum atomic E-state index is -0.997. The predicted molar refractivity (Wildman–Crippen MR) is 128 cm³/mol. The number of benzene rings is 2. The second-order valence-electron chi connectivity index (χ2n) is 8.73. The van der Waals surface area contributed by atoms with Crippen LogP contribution in [0.1, 0.15) is 42.4 Å². The quantitative estimate of drug-likeness (QED) is 0.500. The van der Waals surface area contributed by atoms with Crippen molar-refractivity contribution < 1.29 is 28.2 Å². The largest absolute Gasteiger partial charge is 0.493 e. The number of hydrogen-bond acceptors (Lipinski definition) is 5. The number of rotatable bonds is 6. The second-order valence-corrected chi connectivity index (χ2v) is 8.73. The summed E-state index contributed by atoms with van der Waals surface area (Å²) in [6.07, 6.45) is 0.595. The zero-order valence-electron chi connectivity index (χ0n) is 19.7. The van der Waals surface area contributed by atoms with Crippen LogP contribution in [0.5, 0.6) is 5.75 Å². The van der Waals surface area contributed by atoms with Crippen LogP contribution >= 0.6 is 0 Å². The van der Waals surface area contributed by atoms with E-state index < -0.39 is 24.6 Å². The average molecular weight is 490 g/mol. The number of fused-ring (bicyclic) bond motifs is 2. The van der Waals surface area contributed by atoms with Crippen molar-refractivity contribution in [2.45, 2.75) is 57.5 Å². The highest BCUT2D eigenvalue weighted by atomic mass is 19.1. The second kappa shape index (κ2) is 13.7. The molecule has 0 spiro atoms. The minimum absolute atomic E-state index is 0.0178. The lowest BCUT2D eigenvalue weighted by Gasteiger charge is -2.25. The smallest absolute Gasteiger partial charge is 0.220 e. The third-order valence-corrected chi connectivity index (χ3v) is 5.77. The molecule has 0 fully saturated rings. The Morgan fingerprint density at radius 1 is 1.09 bits per heavy atom. The molecule has 1 heterocycles. The number of nitrogens with one attached hydrogen (secondary N) is 3. The van der Waals surface area contributed by atoms with Gasteiger partial charge >= 0.3 is 0 Å². The number of carbonyl (C=O) groups excluding carboxylic acids is 2. The monoisotopic (exact) mass is 489 g/mol. The van der Waals surface area contributed by atoms with E-state index in [2.05, 4.69) is 16.0 Å². The molecule has 2 aromatic carbocycles. The highest BCUT2D eigenvalue weighted by Gasteiger charge is 2.23. The van der Waals surface area contributed by atoms with Gasteiger partial charge in [-0.05, 0) is 48.1 Å². The van der Waals surface area contributed by atoms with E-state index >= 15 is 0 Å². The van der Waals surface area contributed by atoms with Crippen LogP contribution in [0.2, 0.25) is 0 Å². The Labute approximate surface area is 204 Å². The lowest BCUT2D eigenvalue weighted by atomic mass is 10.00. The molecule has 0 aromatic heterocycles. The highest BCUT2D eigenvalue weighted by Crippen LogP contribution is 2.19. The van der Waals surface area contributed by atoms with E-state index in [0.717, 1.165) is 5.56 Å². The molecule has 0 unspecified atom stereocenters. The molecule has 4 N–H and O–H groups in total. The first-order valence-corrected chi connectivity index (χ1v) is 11.9. The SMILES string of the molecule is O=C1CCC(=O)N[C@H]([C@H](O)CNCc2cccc(CF)c2)Cc2cc(F)cc(c2)OCCCCN1. The number of alkyl halides is 1. The molecule has 9 heteroatoms. The standard InChI is InChI=1S/C26H33F2N3O4/c27-15-18-4-3-5-19(10-18)16-29-17-24(32)23-13-20-11-21(28)14-22(12-20)35-9-2-1-8-30-25(33)6-7-26(34)31-23/h3-5,10-12,14,23-24,29,32H,1-2,6-9,13,15-17H2,(H,30,33)(H,31,34)/t23-,24+/m0/s1. The van der Waals surface area contributed by atoms with Crippen LogP contribution in [-0.4, -0.2) is 48.8 Å². The molecule has 2 atom stereocenters. The van der Waals surface area contributed by atoms with Crippen LogP contribution in [0.25, 0.3) is 0 Å². The summed E-state index contributed by atoms with van der Waals surface area (Å²) in [5.74, 6) is -0.674. The van der Waals surface area contributed by atoms with Crippen molar-refractivity contribution in [3.63, 3.8) is 0 Å². The number of carbonyl (C=O) groups is 2. The van der Waals surface area contributed by atoms with Crippen LogP contribution in [0, 0.1) is 5.82 Å². The Morgan fingerprint density at radius 3 is 2.71 bits per heavy atom. The molecule has 2 amide bonds. The first kappa shape index (κ1) is 26.6. The molecular weight excluding hydrogens is 456 g/mol. The van der Waals surface area contributed by atoms with Crippen molar-refractivity contribution in [1.29, 1.82) is 0 Å². The number of hydrogen-bond donors (Lipinski definition) is 4. The molecular formula is C26H33F2N3O4. The molecule has 0 aliphatic carbocycles. The summed E-state index contributed by atoms with van der Waals surface area (Å²) in [4.78, 5) is 24.5. The first-order valence-electron chi connectivity index (χ1n) is 11.9. The zero-order chi connectivity index (χ0) is 25.0. The molecule has 2 aromatic rings. The van der Waals surface area contributed by atoms with Crippen molar-refractivity contribution in [2.75, 3.05) is 19.7 Å². The molecule has 35 heavy (non-hydrogen) atoms. The molecule has 7 nitrogen and oxygen atoms in total. The lowest BCUT2D eigenvalue weighted by molar-refractivity contribution is -0.127. The van der Waals surface area contributed by atoms with E-state index in [9.17, 15) is 23.5 Å². The highest BCUT2D eigenvalue weighted by molar-refractivity contribution is 5.83. The number of halogens is 2. The van der Waals surface area contributed by atoms with E-state index in [0.29, 0.717) is 49.4 Å². The Hall–Kier alpha value is -3.04. The fourth-order valence-corrected chi connectivity index (χ4v) is 3.93. The van der Waals surface area contributed by atoms with E-state index in [1.165, 1.54) is 12.1 Å². The maximum absolute atomic E-state index is 14.2. The Bertz CT molecular complexity index is 989. The molecule has 3 rings (SSSR count). The summed E-state index contributed by atoms with van der Waals surface area (Å²) in [7, 11) is 0. The Morgan fingerprint density at radius 2 is 1.89 bits per heavy atom. The van der Waals surface area contributed by atoms with Crippen molar-refractivity contribution in [2.24, 2.45) is 0 Å². The van der Waals surface area contributed by atoms with Crippen LogP contribution in [0.4, 0.5) is 8.78 Å². The summed E-state index contributed by atoms with van der Waals surface area (Å²) < 4.78 is 32.8. The third kappa shape index (κ3) is 9.26. The normalized spacial score (nSPS) is 18.8. The van der Waals surface area contributed by atoms with Crippen molar-refractivity contribution in [3.8, 4) is 5.75 Å². The zero-order valence-corrected chi connectivity index (χ0v) is 19.7. The number of amides is 2. The van der Waals surface area contributed by atoms with Gasteiger partial charge in [-0.15, -0.1) is 0 Å². The molecule has 190 valence electrons. The van der Waals surface area contributed by atoms with E-state index in [1.807, 2.05) is 6.07 Å². The summed E-state index contributed by atoms with van der Waals surface area (Å²) in [6.45, 7) is 0.851. The van der Waals surface area contributed by atoms with Gasteiger partial charge < -0.3 is 25.8 Å². The first-order chi connectivity index (χ1) is 16.9. The van der Waals surface area contributed by atoms with E-state index in [-0.39, 0.29) is 37.6 Å². The van der Waals surface area contributed by atoms with Gasteiger partial charge in [-0.3, -0.25) is 9.59 Å². The summed E-state index contributed by atoms with van der Waals surface area (Å²) >= 11 is 0. The van der Waals surface area contributed by atoms with Gasteiger partial charge in [-0.2, -0.15) is 0 Å². The maximum Gasteiger partial charge on any atom is 0.220 e. The molecule has 0 saturated carbocycles. The average Bonchev–Trinajstić information content (AvgIpc) is 2.83. The van der Waals surface area contributed by atoms with Gasteiger partial charge in [0.15, 0.2) is 0 Å². The molecule has 2 bridgehead atoms. The van der Waals surface area contributed by atoms with Crippen molar-refractivity contribution in [3.05, 3.63) is 65.0 Å². The van der Waals surface area contributed by atoms with Gasteiger partial charge in [0.1, 0.15) is 18.2 Å².